The van der Waals surface area contributed by atoms with Gasteiger partial charge < -0.3 is 20.3 Å². The van der Waals surface area contributed by atoms with Gasteiger partial charge in [0.05, 0.1) is 22.9 Å². The first-order chi connectivity index (χ1) is 17.6. The lowest BCUT2D eigenvalue weighted by molar-refractivity contribution is 0.102. The van der Waals surface area contributed by atoms with Gasteiger partial charge in [-0.1, -0.05) is 23.7 Å². The Morgan fingerprint density at radius 1 is 1.11 bits per heavy atom. The van der Waals surface area contributed by atoms with Gasteiger partial charge in [0.1, 0.15) is 11.6 Å². The number of carbonyl (C=O) groups excluding carboxylic acids is 1. The number of nitrogens with zero attached hydrogens (tertiary/aromatic N) is 4. The Morgan fingerprint density at radius 2 is 1.92 bits per heavy atom. The molecule has 1 fully saturated rings. The van der Waals surface area contributed by atoms with Gasteiger partial charge in [0, 0.05) is 42.9 Å². The summed E-state index contributed by atoms with van der Waals surface area (Å²) in [6.45, 7) is 2.40. The molecule has 0 spiro atoms. The van der Waals surface area contributed by atoms with Crippen molar-refractivity contribution in [2.45, 2.75) is 23.1 Å². The molecule has 0 bridgehead atoms. The van der Waals surface area contributed by atoms with Crippen molar-refractivity contribution in [2.24, 2.45) is 0 Å². The normalized spacial score (nSPS) is 12.8. The van der Waals surface area contributed by atoms with E-state index in [4.69, 9.17) is 21.3 Å². The number of anilines is 4. The zero-order chi connectivity index (χ0) is 24.9. The lowest BCUT2D eigenvalue weighted by atomic mass is 10.2. The average molecular weight is 522 g/mol. The van der Waals surface area contributed by atoms with Crippen LogP contribution in [0.5, 0.6) is 0 Å². The van der Waals surface area contributed by atoms with Crippen LogP contribution < -0.4 is 15.5 Å². The highest BCUT2D eigenvalue weighted by atomic mass is 35.5. The van der Waals surface area contributed by atoms with Crippen LogP contribution in [0.2, 0.25) is 5.02 Å². The van der Waals surface area contributed by atoms with Gasteiger partial charge in [-0.3, -0.25) is 9.89 Å². The number of halogens is 1. The van der Waals surface area contributed by atoms with Gasteiger partial charge in [-0.2, -0.15) is 5.10 Å². The zero-order valence-electron chi connectivity index (χ0n) is 19.5. The van der Waals surface area contributed by atoms with Crippen molar-refractivity contribution < 1.29 is 9.53 Å². The standard InChI is InChI=1S/C25H24ClN7O2S/c1-35-15-17-13-22(32-31-17)28-21-14-23(33-11-4-12-33)30-25(29-21)36-18-9-7-16(8-10-18)27-24(34)19-5-2-3-6-20(19)26/h2-3,5-10,13-14H,4,11-12,15H2,1H3,(H,27,34)(H2,28,29,30,31,32). The summed E-state index contributed by atoms with van der Waals surface area (Å²) in [6.07, 6.45) is 1.15. The number of carbonyl (C=O) groups is 1. The Morgan fingerprint density at radius 3 is 2.64 bits per heavy atom. The van der Waals surface area contributed by atoms with Crippen LogP contribution in [0.3, 0.4) is 0 Å². The number of benzene rings is 2. The fourth-order valence-electron chi connectivity index (χ4n) is 3.57. The molecule has 9 nitrogen and oxygen atoms in total. The second-order valence-electron chi connectivity index (χ2n) is 8.13. The SMILES string of the molecule is COCc1cc(Nc2cc(N3CCC3)nc(Sc3ccc(NC(=O)c4ccccc4Cl)cc3)n2)n[nH]1. The highest BCUT2D eigenvalue weighted by Crippen LogP contribution is 2.31. The van der Waals surface area contributed by atoms with E-state index in [9.17, 15) is 4.79 Å². The van der Waals surface area contributed by atoms with Gasteiger partial charge in [0.2, 0.25) is 0 Å². The van der Waals surface area contributed by atoms with Crippen LogP contribution in [0.25, 0.3) is 0 Å². The molecule has 2 aromatic heterocycles. The lowest BCUT2D eigenvalue weighted by Gasteiger charge is -2.32. The largest absolute Gasteiger partial charge is 0.378 e. The van der Waals surface area contributed by atoms with Gasteiger partial charge in [0.15, 0.2) is 11.0 Å². The maximum Gasteiger partial charge on any atom is 0.257 e. The minimum Gasteiger partial charge on any atom is -0.378 e. The first kappa shape index (κ1) is 24.1. The first-order valence-electron chi connectivity index (χ1n) is 11.4. The molecule has 1 aliphatic heterocycles. The Balaban J connectivity index is 1.30. The number of aromatic amines is 1. The van der Waals surface area contributed by atoms with Crippen molar-refractivity contribution in [3.63, 3.8) is 0 Å². The number of hydrogen-bond acceptors (Lipinski definition) is 8. The average Bonchev–Trinajstić information content (AvgIpc) is 3.26. The number of nitrogens with one attached hydrogen (secondary N) is 3. The molecule has 3 N–H and O–H groups in total. The molecule has 1 saturated heterocycles. The molecule has 0 radical (unpaired) electrons. The van der Waals surface area contributed by atoms with E-state index < -0.39 is 0 Å². The summed E-state index contributed by atoms with van der Waals surface area (Å²) in [5.41, 5.74) is 1.97. The maximum absolute atomic E-state index is 12.5. The maximum atomic E-state index is 12.5. The summed E-state index contributed by atoms with van der Waals surface area (Å²) >= 11 is 7.58. The summed E-state index contributed by atoms with van der Waals surface area (Å²) < 4.78 is 5.14. The number of H-pyrrole nitrogens is 1. The quantitative estimate of drug-likeness (QED) is 0.253. The van der Waals surface area contributed by atoms with E-state index in [1.807, 2.05) is 36.4 Å². The van der Waals surface area contributed by atoms with Crippen LogP contribution in [-0.4, -0.2) is 46.3 Å². The Kier molecular flexibility index (Phi) is 7.36. The Labute approximate surface area is 217 Å². The molecule has 0 unspecified atom stereocenters. The molecular weight excluding hydrogens is 498 g/mol. The van der Waals surface area contributed by atoms with Crippen molar-refractivity contribution in [1.82, 2.24) is 20.2 Å². The van der Waals surface area contributed by atoms with Crippen molar-refractivity contribution in [1.29, 1.82) is 0 Å². The topological polar surface area (TPSA) is 108 Å². The van der Waals surface area contributed by atoms with Gasteiger partial charge in [-0.15, -0.1) is 0 Å². The predicted octanol–water partition coefficient (Wildman–Crippen LogP) is 5.36. The summed E-state index contributed by atoms with van der Waals surface area (Å²) in [5, 5.41) is 14.4. The van der Waals surface area contributed by atoms with Gasteiger partial charge in [-0.05, 0) is 54.6 Å². The molecule has 5 rings (SSSR count). The minimum atomic E-state index is -0.255. The van der Waals surface area contributed by atoms with Gasteiger partial charge >= 0.3 is 0 Å². The Bertz CT molecular complexity index is 1360. The molecule has 2 aromatic carbocycles. The van der Waals surface area contributed by atoms with Crippen LogP contribution in [0.15, 0.2) is 70.7 Å². The van der Waals surface area contributed by atoms with E-state index in [1.54, 1.807) is 31.4 Å². The molecule has 4 aromatic rings. The number of aromatic nitrogens is 4. The number of ether oxygens (including phenoxy) is 1. The van der Waals surface area contributed by atoms with Crippen LogP contribution in [0, 0.1) is 0 Å². The third kappa shape index (κ3) is 5.78. The van der Waals surface area contributed by atoms with E-state index in [-0.39, 0.29) is 5.91 Å². The second-order valence-corrected chi connectivity index (χ2v) is 9.58. The van der Waals surface area contributed by atoms with Crippen molar-refractivity contribution in [3.05, 3.63) is 76.9 Å². The number of methoxy groups -OCH3 is 1. The number of hydrogen-bond donors (Lipinski definition) is 3. The highest BCUT2D eigenvalue weighted by Gasteiger charge is 2.19. The molecule has 3 heterocycles. The minimum absolute atomic E-state index is 0.255. The first-order valence-corrected chi connectivity index (χ1v) is 12.5. The molecule has 1 aliphatic rings. The van der Waals surface area contributed by atoms with E-state index >= 15 is 0 Å². The molecular formula is C25H24ClN7O2S. The fourth-order valence-corrected chi connectivity index (χ4v) is 4.56. The molecule has 36 heavy (non-hydrogen) atoms. The van der Waals surface area contributed by atoms with Crippen LogP contribution in [-0.2, 0) is 11.3 Å². The smallest absolute Gasteiger partial charge is 0.257 e. The summed E-state index contributed by atoms with van der Waals surface area (Å²) in [5.74, 6) is 1.94. The third-order valence-electron chi connectivity index (χ3n) is 5.50. The van der Waals surface area contributed by atoms with E-state index in [2.05, 4.69) is 30.7 Å². The van der Waals surface area contributed by atoms with Gasteiger partial charge in [-0.25, -0.2) is 9.97 Å². The lowest BCUT2D eigenvalue weighted by Crippen LogP contribution is -2.37. The second kappa shape index (κ2) is 11.0. The predicted molar refractivity (Wildman–Crippen MR) is 141 cm³/mol. The summed E-state index contributed by atoms with van der Waals surface area (Å²) in [6, 6.07) is 18.3. The Hall–Kier alpha value is -3.60. The number of rotatable bonds is 9. The molecule has 184 valence electrons. The van der Waals surface area contributed by atoms with E-state index in [0.717, 1.165) is 35.9 Å². The monoisotopic (exact) mass is 521 g/mol. The molecule has 0 atom stereocenters. The summed E-state index contributed by atoms with van der Waals surface area (Å²) in [4.78, 5) is 25.1. The highest BCUT2D eigenvalue weighted by molar-refractivity contribution is 7.99. The fraction of sp³-hybridized carbons (Fsp3) is 0.200. The third-order valence-corrected chi connectivity index (χ3v) is 6.70. The molecule has 0 saturated carbocycles. The summed E-state index contributed by atoms with van der Waals surface area (Å²) in [7, 11) is 1.64. The van der Waals surface area contributed by atoms with Crippen LogP contribution >= 0.6 is 23.4 Å². The zero-order valence-corrected chi connectivity index (χ0v) is 21.1. The van der Waals surface area contributed by atoms with E-state index in [1.165, 1.54) is 11.8 Å². The number of amides is 1. The molecule has 0 aliphatic carbocycles. The van der Waals surface area contributed by atoms with Gasteiger partial charge in [0.25, 0.3) is 5.91 Å². The van der Waals surface area contributed by atoms with Crippen molar-refractivity contribution in [2.75, 3.05) is 35.7 Å². The van der Waals surface area contributed by atoms with Crippen LogP contribution in [0.4, 0.5) is 23.1 Å². The van der Waals surface area contributed by atoms with Crippen LogP contribution in [0.1, 0.15) is 22.5 Å². The van der Waals surface area contributed by atoms with Crippen molar-refractivity contribution >= 4 is 52.4 Å². The van der Waals surface area contributed by atoms with E-state index in [0.29, 0.717) is 39.7 Å². The molecule has 11 heteroatoms. The molecule has 1 amide bonds. The van der Waals surface area contributed by atoms with Crippen molar-refractivity contribution in [3.8, 4) is 0 Å².